The van der Waals surface area contributed by atoms with Crippen LogP contribution in [-0.4, -0.2) is 31.1 Å². The third-order valence-corrected chi connectivity index (χ3v) is 4.69. The quantitative estimate of drug-likeness (QED) is 0.797. The van der Waals surface area contributed by atoms with Crippen molar-refractivity contribution in [3.63, 3.8) is 0 Å². The first kappa shape index (κ1) is 14.1. The van der Waals surface area contributed by atoms with E-state index in [-0.39, 0.29) is 0 Å². The summed E-state index contributed by atoms with van der Waals surface area (Å²) in [6.07, 6.45) is 8.43. The van der Waals surface area contributed by atoms with Gasteiger partial charge in [0.05, 0.1) is 0 Å². The van der Waals surface area contributed by atoms with Crippen molar-refractivity contribution >= 4 is 0 Å². The molecule has 1 aliphatic heterocycles. The van der Waals surface area contributed by atoms with Gasteiger partial charge in [-0.2, -0.15) is 0 Å². The fraction of sp³-hybridized carbons (Fsp3) is 0.667. The molecule has 2 aliphatic rings. The Kier molecular flexibility index (Phi) is 5.10. The molecule has 3 rings (SSSR count). The van der Waals surface area contributed by atoms with Crippen LogP contribution in [0.1, 0.15) is 55.6 Å². The van der Waals surface area contributed by atoms with Gasteiger partial charge in [-0.05, 0) is 55.8 Å². The summed E-state index contributed by atoms with van der Waals surface area (Å²) in [5.41, 5.74) is 3.11. The number of likely N-dealkylation sites (tertiary alicyclic amines) is 1. The van der Waals surface area contributed by atoms with E-state index >= 15 is 0 Å². The van der Waals surface area contributed by atoms with Crippen LogP contribution in [0.4, 0.5) is 0 Å². The van der Waals surface area contributed by atoms with Crippen LogP contribution in [0.25, 0.3) is 0 Å². The van der Waals surface area contributed by atoms with Crippen molar-refractivity contribution in [1.29, 1.82) is 0 Å². The summed E-state index contributed by atoms with van der Waals surface area (Å²) in [5, 5.41) is 3.65. The molecule has 0 unspecified atom stereocenters. The van der Waals surface area contributed by atoms with Gasteiger partial charge in [0, 0.05) is 19.6 Å². The largest absolute Gasteiger partial charge is 0.311 e. The zero-order valence-electron chi connectivity index (χ0n) is 12.6. The van der Waals surface area contributed by atoms with Crippen LogP contribution in [0, 0.1) is 0 Å². The summed E-state index contributed by atoms with van der Waals surface area (Å²) < 4.78 is 0. The third kappa shape index (κ3) is 4.07. The summed E-state index contributed by atoms with van der Waals surface area (Å²) in [4.78, 5) is 2.63. The Hall–Kier alpha value is -0.860. The minimum atomic E-state index is 0.860. The second kappa shape index (κ2) is 7.24. The molecular weight excluding hydrogens is 244 g/mol. The van der Waals surface area contributed by atoms with E-state index in [0.717, 1.165) is 19.0 Å². The molecule has 2 fully saturated rings. The Morgan fingerprint density at radius 2 is 1.75 bits per heavy atom. The van der Waals surface area contributed by atoms with Gasteiger partial charge in [0.25, 0.3) is 0 Å². The zero-order chi connectivity index (χ0) is 13.6. The maximum atomic E-state index is 3.65. The Bertz CT molecular complexity index is 404. The maximum absolute atomic E-state index is 3.65. The fourth-order valence-electron chi connectivity index (χ4n) is 3.31. The van der Waals surface area contributed by atoms with Crippen molar-refractivity contribution in [2.45, 2.75) is 51.0 Å². The Balaban J connectivity index is 1.41. The topological polar surface area (TPSA) is 15.3 Å². The molecule has 1 N–H and O–H groups in total. The zero-order valence-corrected chi connectivity index (χ0v) is 12.6. The highest BCUT2D eigenvalue weighted by Gasteiger charge is 2.25. The van der Waals surface area contributed by atoms with Gasteiger partial charge in [-0.25, -0.2) is 0 Å². The summed E-state index contributed by atoms with van der Waals surface area (Å²) in [7, 11) is 0. The van der Waals surface area contributed by atoms with Crippen LogP contribution >= 0.6 is 0 Å². The SMILES string of the molecule is c1ccc(C2CC2)c(CNCCN2CCCCCC2)c1. The molecule has 1 saturated heterocycles. The van der Waals surface area contributed by atoms with Gasteiger partial charge in [-0.3, -0.25) is 0 Å². The minimum absolute atomic E-state index is 0.860. The monoisotopic (exact) mass is 272 g/mol. The first-order valence-electron chi connectivity index (χ1n) is 8.44. The van der Waals surface area contributed by atoms with Gasteiger partial charge >= 0.3 is 0 Å². The maximum Gasteiger partial charge on any atom is 0.0208 e. The van der Waals surface area contributed by atoms with Crippen molar-refractivity contribution < 1.29 is 0 Å². The van der Waals surface area contributed by atoms with Gasteiger partial charge < -0.3 is 10.2 Å². The van der Waals surface area contributed by atoms with Gasteiger partial charge in [0.2, 0.25) is 0 Å². The predicted octanol–water partition coefficient (Wildman–Crippen LogP) is 3.53. The molecule has 1 aromatic rings. The number of rotatable bonds is 6. The van der Waals surface area contributed by atoms with Gasteiger partial charge in [-0.15, -0.1) is 0 Å². The molecule has 0 aromatic heterocycles. The predicted molar refractivity (Wildman–Crippen MR) is 85.0 cm³/mol. The van der Waals surface area contributed by atoms with Crippen molar-refractivity contribution in [1.82, 2.24) is 10.2 Å². The summed E-state index contributed by atoms with van der Waals surface area (Å²) in [5.74, 6) is 0.860. The first-order valence-corrected chi connectivity index (χ1v) is 8.44. The number of hydrogen-bond donors (Lipinski definition) is 1. The van der Waals surface area contributed by atoms with E-state index in [9.17, 15) is 0 Å². The Morgan fingerprint density at radius 3 is 2.50 bits per heavy atom. The van der Waals surface area contributed by atoms with E-state index < -0.39 is 0 Å². The summed E-state index contributed by atoms with van der Waals surface area (Å²) >= 11 is 0. The molecule has 1 aliphatic carbocycles. The Labute approximate surface area is 123 Å². The van der Waals surface area contributed by atoms with Crippen molar-refractivity contribution in [3.8, 4) is 0 Å². The first-order chi connectivity index (χ1) is 9.93. The van der Waals surface area contributed by atoms with Crippen molar-refractivity contribution in [2.75, 3.05) is 26.2 Å². The van der Waals surface area contributed by atoms with Crippen LogP contribution < -0.4 is 5.32 Å². The lowest BCUT2D eigenvalue weighted by molar-refractivity contribution is 0.284. The molecule has 2 heteroatoms. The number of hydrogen-bond acceptors (Lipinski definition) is 2. The van der Waals surface area contributed by atoms with Crippen LogP contribution in [-0.2, 0) is 6.54 Å². The van der Waals surface area contributed by atoms with Gasteiger partial charge in [0.15, 0.2) is 0 Å². The van der Waals surface area contributed by atoms with Crippen LogP contribution in [0.3, 0.4) is 0 Å². The average molecular weight is 272 g/mol. The number of nitrogens with one attached hydrogen (secondary N) is 1. The smallest absolute Gasteiger partial charge is 0.0208 e. The average Bonchev–Trinajstić information content (AvgIpc) is 3.31. The summed E-state index contributed by atoms with van der Waals surface area (Å²) in [6, 6.07) is 8.99. The lowest BCUT2D eigenvalue weighted by atomic mass is 10.0. The molecule has 20 heavy (non-hydrogen) atoms. The van der Waals surface area contributed by atoms with E-state index in [1.54, 1.807) is 5.56 Å². The molecule has 1 aromatic carbocycles. The normalized spacial score (nSPS) is 20.8. The molecule has 0 atom stereocenters. The molecule has 2 nitrogen and oxygen atoms in total. The molecule has 1 heterocycles. The fourth-order valence-corrected chi connectivity index (χ4v) is 3.31. The Morgan fingerprint density at radius 1 is 1.00 bits per heavy atom. The van der Waals surface area contributed by atoms with Gasteiger partial charge in [-0.1, -0.05) is 37.1 Å². The van der Waals surface area contributed by atoms with E-state index in [2.05, 4.69) is 34.5 Å². The highest BCUT2D eigenvalue weighted by molar-refractivity contribution is 5.33. The van der Waals surface area contributed by atoms with E-state index in [4.69, 9.17) is 0 Å². The minimum Gasteiger partial charge on any atom is -0.311 e. The van der Waals surface area contributed by atoms with Crippen LogP contribution in [0.2, 0.25) is 0 Å². The molecule has 0 bridgehead atoms. The lowest BCUT2D eigenvalue weighted by Crippen LogP contribution is -2.32. The van der Waals surface area contributed by atoms with Crippen LogP contribution in [0.15, 0.2) is 24.3 Å². The van der Waals surface area contributed by atoms with Crippen LogP contribution in [0.5, 0.6) is 0 Å². The lowest BCUT2D eigenvalue weighted by Gasteiger charge is -2.20. The molecule has 1 saturated carbocycles. The second-order valence-corrected chi connectivity index (χ2v) is 6.41. The van der Waals surface area contributed by atoms with E-state index in [1.165, 1.54) is 63.7 Å². The molecule has 0 spiro atoms. The van der Waals surface area contributed by atoms with Crippen molar-refractivity contribution in [3.05, 3.63) is 35.4 Å². The second-order valence-electron chi connectivity index (χ2n) is 6.41. The number of benzene rings is 1. The number of nitrogens with zero attached hydrogens (tertiary/aromatic N) is 1. The highest BCUT2D eigenvalue weighted by Crippen LogP contribution is 2.41. The summed E-state index contributed by atoms with van der Waals surface area (Å²) in [6.45, 7) is 5.99. The third-order valence-electron chi connectivity index (χ3n) is 4.69. The van der Waals surface area contributed by atoms with E-state index in [0.29, 0.717) is 0 Å². The molecule has 0 amide bonds. The molecular formula is C18H28N2. The van der Waals surface area contributed by atoms with Crippen molar-refractivity contribution in [2.24, 2.45) is 0 Å². The molecule has 0 radical (unpaired) electrons. The van der Waals surface area contributed by atoms with E-state index in [1.807, 2.05) is 0 Å². The highest BCUT2D eigenvalue weighted by atomic mass is 15.1. The standard InChI is InChI=1S/C18H28N2/c1-2-6-13-20(12-5-1)14-11-19-15-17-7-3-4-8-18(17)16-9-10-16/h3-4,7-8,16,19H,1-2,5-6,9-15H2. The van der Waals surface area contributed by atoms with Gasteiger partial charge in [0.1, 0.15) is 0 Å². The molecule has 110 valence electrons.